The summed E-state index contributed by atoms with van der Waals surface area (Å²) in [6, 6.07) is 18.1. The third-order valence-electron chi connectivity index (χ3n) is 6.95. The van der Waals surface area contributed by atoms with E-state index in [1.54, 1.807) is 47.0 Å². The van der Waals surface area contributed by atoms with Gasteiger partial charge in [-0.25, -0.2) is 13.8 Å². The van der Waals surface area contributed by atoms with Gasteiger partial charge in [0.2, 0.25) is 0 Å². The minimum absolute atomic E-state index is 0.0952. The van der Waals surface area contributed by atoms with Gasteiger partial charge in [-0.2, -0.15) is 0 Å². The number of allylic oxidation sites excluding steroid dienone is 2. The number of hydrogen-bond acceptors (Lipinski definition) is 5. The van der Waals surface area contributed by atoms with Crippen LogP contribution in [-0.4, -0.2) is 9.49 Å². The van der Waals surface area contributed by atoms with Crippen molar-refractivity contribution >= 4 is 29.2 Å². The highest BCUT2D eigenvalue weighted by atomic mass is 32.1. The van der Waals surface area contributed by atoms with Crippen molar-refractivity contribution in [2.45, 2.75) is 25.3 Å². The van der Waals surface area contributed by atoms with E-state index in [-0.39, 0.29) is 22.9 Å². The molecule has 0 amide bonds. The number of thiazole rings is 1. The number of nitro groups is 1. The SMILES string of the molecule is O=c1/c(=C\c2ccccc2[N+](=O)[O-])sc2n1[C@H](c1ccc(F)cc1)C1=C(N=2)/C(=C\c2ccc(F)cc2)CCC1. The number of hydrogen-bond donors (Lipinski definition) is 0. The van der Waals surface area contributed by atoms with E-state index in [1.807, 2.05) is 6.08 Å². The highest BCUT2D eigenvalue weighted by molar-refractivity contribution is 7.07. The molecular weight excluding hydrogens is 520 g/mol. The topological polar surface area (TPSA) is 77.5 Å². The summed E-state index contributed by atoms with van der Waals surface area (Å²) in [7, 11) is 0. The van der Waals surface area contributed by atoms with Gasteiger partial charge >= 0.3 is 0 Å². The summed E-state index contributed by atoms with van der Waals surface area (Å²) in [5.41, 5.74) is 4.21. The average molecular weight is 542 g/mol. The predicted molar refractivity (Wildman–Crippen MR) is 146 cm³/mol. The van der Waals surface area contributed by atoms with Gasteiger partial charge in [-0.1, -0.05) is 47.7 Å². The normalized spacial score (nSPS) is 18.1. The van der Waals surface area contributed by atoms with Gasteiger partial charge in [0, 0.05) is 6.07 Å². The molecule has 1 aliphatic heterocycles. The first-order valence-electron chi connectivity index (χ1n) is 12.4. The zero-order valence-electron chi connectivity index (χ0n) is 20.5. The highest BCUT2D eigenvalue weighted by Gasteiger charge is 2.32. The fourth-order valence-corrected chi connectivity index (χ4v) is 6.17. The van der Waals surface area contributed by atoms with Crippen molar-refractivity contribution in [1.29, 1.82) is 0 Å². The van der Waals surface area contributed by atoms with Gasteiger partial charge in [-0.3, -0.25) is 19.5 Å². The number of fused-ring (bicyclic) bond motifs is 1. The van der Waals surface area contributed by atoms with Crippen LogP contribution in [0.5, 0.6) is 0 Å². The molecule has 0 radical (unpaired) electrons. The van der Waals surface area contributed by atoms with E-state index < -0.39 is 11.0 Å². The quantitative estimate of drug-likeness (QED) is 0.247. The van der Waals surface area contributed by atoms with Gasteiger partial charge < -0.3 is 0 Å². The van der Waals surface area contributed by atoms with Crippen LogP contribution in [0.2, 0.25) is 0 Å². The fourth-order valence-electron chi connectivity index (χ4n) is 5.18. The lowest BCUT2D eigenvalue weighted by atomic mass is 9.84. The van der Waals surface area contributed by atoms with E-state index in [0.29, 0.717) is 21.3 Å². The first-order valence-corrected chi connectivity index (χ1v) is 13.2. The van der Waals surface area contributed by atoms with Crippen molar-refractivity contribution in [3.63, 3.8) is 0 Å². The fraction of sp³-hybridized carbons (Fsp3) is 0.133. The van der Waals surface area contributed by atoms with E-state index in [1.165, 1.54) is 47.7 Å². The number of para-hydroxylation sites is 1. The van der Waals surface area contributed by atoms with Gasteiger partial charge in [0.25, 0.3) is 11.2 Å². The van der Waals surface area contributed by atoms with Crippen LogP contribution in [0.25, 0.3) is 12.2 Å². The number of halogens is 2. The van der Waals surface area contributed by atoms with Crippen molar-refractivity contribution in [3.05, 3.63) is 148 Å². The first kappa shape index (κ1) is 24.8. The maximum atomic E-state index is 13.9. The lowest BCUT2D eigenvalue weighted by molar-refractivity contribution is -0.385. The lowest BCUT2D eigenvalue weighted by Gasteiger charge is -2.31. The summed E-state index contributed by atoms with van der Waals surface area (Å²) in [6.07, 6.45) is 5.82. The number of benzene rings is 3. The Morgan fingerprint density at radius 2 is 1.64 bits per heavy atom. The maximum absolute atomic E-state index is 13.9. The average Bonchev–Trinajstić information content (AvgIpc) is 3.24. The molecule has 0 fully saturated rings. The number of rotatable bonds is 4. The van der Waals surface area contributed by atoms with E-state index in [4.69, 9.17) is 4.99 Å². The standard InChI is InChI=1S/C30H21F2N3O3S/c31-22-12-8-18(9-13-22)16-21-5-3-6-24-27(21)33-30-34(28(24)19-10-14-23(32)15-11-19)29(36)26(39-30)17-20-4-1-2-7-25(20)35(37)38/h1-2,4,7-17,28H,3,5-6H2/b21-16-,26-17+/t28-/m1/s1. The second-order valence-corrected chi connectivity index (χ2v) is 10.4. The van der Waals surface area contributed by atoms with Crippen molar-refractivity contribution < 1.29 is 13.7 Å². The molecule has 0 unspecified atom stereocenters. The van der Waals surface area contributed by atoms with Gasteiger partial charge in [0.1, 0.15) is 11.6 Å². The highest BCUT2D eigenvalue weighted by Crippen LogP contribution is 2.41. The van der Waals surface area contributed by atoms with Crippen molar-refractivity contribution in [2.75, 3.05) is 0 Å². The number of nitrogens with zero attached hydrogens (tertiary/aromatic N) is 3. The smallest absolute Gasteiger partial charge is 0.272 e. The molecule has 9 heteroatoms. The molecule has 1 aromatic heterocycles. The maximum Gasteiger partial charge on any atom is 0.276 e. The van der Waals surface area contributed by atoms with E-state index in [2.05, 4.69) is 0 Å². The van der Waals surface area contributed by atoms with Crippen LogP contribution in [0.1, 0.15) is 42.0 Å². The first-order chi connectivity index (χ1) is 18.9. The summed E-state index contributed by atoms with van der Waals surface area (Å²) in [6.45, 7) is 0. The molecule has 0 saturated carbocycles. The zero-order chi connectivity index (χ0) is 27.1. The second kappa shape index (κ2) is 9.99. The Morgan fingerprint density at radius 3 is 2.36 bits per heavy atom. The Labute approximate surface area is 225 Å². The van der Waals surface area contributed by atoms with Gasteiger partial charge in [0.15, 0.2) is 4.80 Å². The third kappa shape index (κ3) is 4.66. The molecule has 1 atom stereocenters. The second-order valence-electron chi connectivity index (χ2n) is 9.40. The van der Waals surface area contributed by atoms with Gasteiger partial charge in [-0.05, 0) is 84.0 Å². The summed E-state index contributed by atoms with van der Waals surface area (Å²) in [5, 5.41) is 11.6. The molecule has 2 aliphatic rings. The molecule has 0 saturated heterocycles. The summed E-state index contributed by atoms with van der Waals surface area (Å²) >= 11 is 1.17. The molecule has 1 aliphatic carbocycles. The van der Waals surface area contributed by atoms with Crippen molar-refractivity contribution in [3.8, 4) is 0 Å². The van der Waals surface area contributed by atoms with Crippen LogP contribution < -0.4 is 14.9 Å². The van der Waals surface area contributed by atoms with Crippen molar-refractivity contribution in [2.24, 2.45) is 4.99 Å². The van der Waals surface area contributed by atoms with E-state index >= 15 is 0 Å². The Morgan fingerprint density at radius 1 is 0.949 bits per heavy atom. The minimum atomic E-state index is -0.498. The molecule has 0 bridgehead atoms. The van der Waals surface area contributed by atoms with Gasteiger partial charge in [-0.15, -0.1) is 0 Å². The molecule has 4 aromatic rings. The minimum Gasteiger partial charge on any atom is -0.272 e. The van der Waals surface area contributed by atoms with E-state index in [0.717, 1.165) is 40.8 Å². The predicted octanol–water partition coefficient (Wildman–Crippen LogP) is 5.67. The number of nitro benzene ring substituents is 1. The van der Waals surface area contributed by atoms with E-state index in [9.17, 15) is 23.7 Å². The van der Waals surface area contributed by atoms with Crippen LogP contribution in [0.15, 0.2) is 99.4 Å². The Balaban J connectivity index is 1.58. The third-order valence-corrected chi connectivity index (χ3v) is 7.93. The molecule has 6 nitrogen and oxygen atoms in total. The van der Waals surface area contributed by atoms with Crippen LogP contribution in [0.4, 0.5) is 14.5 Å². The molecular formula is C30H21F2N3O3S. The molecule has 2 heterocycles. The molecule has 194 valence electrons. The summed E-state index contributed by atoms with van der Waals surface area (Å²) < 4.78 is 29.3. The molecule has 39 heavy (non-hydrogen) atoms. The summed E-state index contributed by atoms with van der Waals surface area (Å²) in [5.74, 6) is -0.693. The largest absolute Gasteiger partial charge is 0.276 e. The monoisotopic (exact) mass is 541 g/mol. The lowest BCUT2D eigenvalue weighted by Crippen LogP contribution is -2.39. The Kier molecular flexibility index (Phi) is 6.36. The molecule has 3 aromatic carbocycles. The van der Waals surface area contributed by atoms with Crippen LogP contribution in [0.3, 0.4) is 0 Å². The van der Waals surface area contributed by atoms with Crippen LogP contribution in [0, 0.1) is 21.7 Å². The molecule has 6 rings (SSSR count). The Hall–Kier alpha value is -4.50. The van der Waals surface area contributed by atoms with Crippen molar-refractivity contribution in [1.82, 2.24) is 4.57 Å². The Bertz CT molecular complexity index is 1850. The van der Waals surface area contributed by atoms with Crippen LogP contribution in [-0.2, 0) is 0 Å². The molecule has 0 spiro atoms. The molecule has 0 N–H and O–H groups in total. The van der Waals surface area contributed by atoms with Gasteiger partial charge in [0.05, 0.1) is 26.8 Å². The summed E-state index contributed by atoms with van der Waals surface area (Å²) in [4.78, 5) is 30.3. The number of aromatic nitrogens is 1. The zero-order valence-corrected chi connectivity index (χ0v) is 21.3. The van der Waals surface area contributed by atoms with Crippen LogP contribution >= 0.6 is 11.3 Å².